The van der Waals surface area contributed by atoms with E-state index in [9.17, 15) is 5.11 Å². The normalized spacial score (nSPS) is 21.2. The minimum absolute atomic E-state index is 0.150. The van der Waals surface area contributed by atoms with Crippen LogP contribution in [0.2, 0.25) is 0 Å². The van der Waals surface area contributed by atoms with Crippen molar-refractivity contribution in [2.24, 2.45) is 0 Å². The number of nitrogens with zero attached hydrogens (tertiary/aromatic N) is 1. The average Bonchev–Trinajstić information content (AvgIpc) is 2.67. The summed E-state index contributed by atoms with van der Waals surface area (Å²) in [5.41, 5.74) is 0. The van der Waals surface area contributed by atoms with Gasteiger partial charge >= 0.3 is 0 Å². The second kappa shape index (κ2) is 5.66. The maximum atomic E-state index is 9.37. The fourth-order valence-electron chi connectivity index (χ4n) is 1.86. The lowest BCUT2D eigenvalue weighted by Crippen LogP contribution is -2.27. The lowest BCUT2D eigenvalue weighted by Gasteiger charge is -2.15. The summed E-state index contributed by atoms with van der Waals surface area (Å²) in [6.07, 6.45) is 0.734. The first-order valence-electron chi connectivity index (χ1n) is 5.53. The van der Waals surface area contributed by atoms with Crippen molar-refractivity contribution in [3.63, 3.8) is 0 Å². The predicted octanol–water partition coefficient (Wildman–Crippen LogP) is 1.89. The first kappa shape index (κ1) is 11.9. The van der Waals surface area contributed by atoms with Gasteiger partial charge in [-0.1, -0.05) is 12.1 Å². The van der Waals surface area contributed by atoms with E-state index in [1.165, 1.54) is 0 Å². The molecule has 1 N–H and O–H groups in total. The fourth-order valence-corrected chi connectivity index (χ4v) is 2.26. The zero-order valence-electron chi connectivity index (χ0n) is 9.10. The fraction of sp³-hybridized carbons (Fsp3) is 0.500. The SMILES string of the molecule is O[C@@H]1CCN(CCOc2ccccc2Br)C1. The molecule has 16 heavy (non-hydrogen) atoms. The summed E-state index contributed by atoms with van der Waals surface area (Å²) in [5.74, 6) is 0.877. The van der Waals surface area contributed by atoms with Crippen LogP contribution in [0.15, 0.2) is 28.7 Å². The Morgan fingerprint density at radius 2 is 2.25 bits per heavy atom. The zero-order valence-corrected chi connectivity index (χ0v) is 10.7. The van der Waals surface area contributed by atoms with E-state index in [0.717, 1.165) is 36.3 Å². The summed E-state index contributed by atoms with van der Waals surface area (Å²) < 4.78 is 6.65. The van der Waals surface area contributed by atoms with Crippen molar-refractivity contribution in [1.82, 2.24) is 4.90 Å². The summed E-state index contributed by atoms with van der Waals surface area (Å²) in [7, 11) is 0. The number of likely N-dealkylation sites (tertiary alicyclic amines) is 1. The van der Waals surface area contributed by atoms with E-state index in [-0.39, 0.29) is 6.10 Å². The van der Waals surface area contributed by atoms with Gasteiger partial charge in [-0.3, -0.25) is 4.90 Å². The second-order valence-corrected chi connectivity index (χ2v) is 4.88. The van der Waals surface area contributed by atoms with Crippen LogP contribution in [0.5, 0.6) is 5.75 Å². The van der Waals surface area contributed by atoms with Crippen molar-refractivity contribution in [2.75, 3.05) is 26.2 Å². The lowest BCUT2D eigenvalue weighted by molar-refractivity contribution is 0.167. The Morgan fingerprint density at radius 3 is 2.94 bits per heavy atom. The Bertz CT molecular complexity index is 346. The van der Waals surface area contributed by atoms with Crippen LogP contribution in [-0.4, -0.2) is 42.4 Å². The molecule has 1 aromatic carbocycles. The quantitative estimate of drug-likeness (QED) is 0.917. The molecule has 0 unspecified atom stereocenters. The van der Waals surface area contributed by atoms with Gasteiger partial charge in [0.15, 0.2) is 0 Å². The van der Waals surface area contributed by atoms with E-state index in [2.05, 4.69) is 20.8 Å². The zero-order chi connectivity index (χ0) is 11.4. The molecular formula is C12H16BrNO2. The molecule has 4 heteroatoms. The molecule has 1 aromatic rings. The van der Waals surface area contributed by atoms with Crippen LogP contribution in [0.4, 0.5) is 0 Å². The Kier molecular flexibility index (Phi) is 4.21. The largest absolute Gasteiger partial charge is 0.491 e. The van der Waals surface area contributed by atoms with E-state index >= 15 is 0 Å². The van der Waals surface area contributed by atoms with Crippen LogP contribution in [0, 0.1) is 0 Å². The summed E-state index contributed by atoms with van der Waals surface area (Å²) in [6, 6.07) is 7.84. The molecule has 1 saturated heterocycles. The predicted molar refractivity (Wildman–Crippen MR) is 66.7 cm³/mol. The van der Waals surface area contributed by atoms with Gasteiger partial charge in [-0.15, -0.1) is 0 Å². The highest BCUT2D eigenvalue weighted by atomic mass is 79.9. The van der Waals surface area contributed by atoms with E-state index in [4.69, 9.17) is 4.74 Å². The molecule has 1 aliphatic rings. The number of halogens is 1. The summed E-state index contributed by atoms with van der Waals surface area (Å²) in [4.78, 5) is 2.22. The van der Waals surface area contributed by atoms with Crippen molar-refractivity contribution < 1.29 is 9.84 Å². The Balaban J connectivity index is 1.74. The van der Waals surface area contributed by atoms with Gasteiger partial charge in [-0.05, 0) is 34.5 Å². The lowest BCUT2D eigenvalue weighted by atomic mass is 10.3. The van der Waals surface area contributed by atoms with Gasteiger partial charge in [0, 0.05) is 19.6 Å². The number of hydrogen-bond donors (Lipinski definition) is 1. The van der Waals surface area contributed by atoms with Crippen molar-refractivity contribution in [3.8, 4) is 5.75 Å². The molecule has 2 rings (SSSR count). The van der Waals surface area contributed by atoms with Gasteiger partial charge in [-0.2, -0.15) is 0 Å². The molecule has 1 heterocycles. The molecule has 0 aromatic heterocycles. The number of aliphatic hydroxyl groups is 1. The van der Waals surface area contributed by atoms with E-state index in [0.29, 0.717) is 6.61 Å². The second-order valence-electron chi connectivity index (χ2n) is 4.02. The van der Waals surface area contributed by atoms with Crippen LogP contribution in [-0.2, 0) is 0 Å². The van der Waals surface area contributed by atoms with Crippen molar-refractivity contribution in [2.45, 2.75) is 12.5 Å². The monoisotopic (exact) mass is 285 g/mol. The van der Waals surface area contributed by atoms with Crippen molar-refractivity contribution in [1.29, 1.82) is 0 Å². The first-order valence-corrected chi connectivity index (χ1v) is 6.33. The number of aliphatic hydroxyl groups excluding tert-OH is 1. The van der Waals surface area contributed by atoms with E-state index in [1.807, 2.05) is 24.3 Å². The number of β-amino-alcohol motifs (C(OH)–C–C–N with tert-alkyl or cyclic N) is 1. The number of hydrogen-bond acceptors (Lipinski definition) is 3. The Morgan fingerprint density at radius 1 is 1.44 bits per heavy atom. The van der Waals surface area contributed by atoms with Crippen molar-refractivity contribution in [3.05, 3.63) is 28.7 Å². The van der Waals surface area contributed by atoms with E-state index in [1.54, 1.807) is 0 Å². The van der Waals surface area contributed by atoms with Gasteiger partial charge < -0.3 is 9.84 Å². The molecule has 0 spiro atoms. The van der Waals surface area contributed by atoms with Gasteiger partial charge in [0.1, 0.15) is 12.4 Å². The minimum Gasteiger partial charge on any atom is -0.491 e. The highest BCUT2D eigenvalue weighted by Crippen LogP contribution is 2.23. The smallest absolute Gasteiger partial charge is 0.133 e. The first-order chi connectivity index (χ1) is 7.75. The number of rotatable bonds is 4. The number of benzene rings is 1. The molecule has 0 bridgehead atoms. The van der Waals surface area contributed by atoms with Crippen LogP contribution in [0.1, 0.15) is 6.42 Å². The van der Waals surface area contributed by atoms with Crippen LogP contribution in [0.3, 0.4) is 0 Å². The van der Waals surface area contributed by atoms with Gasteiger partial charge in [-0.25, -0.2) is 0 Å². The summed E-state index contributed by atoms with van der Waals surface area (Å²) in [5, 5.41) is 9.37. The topological polar surface area (TPSA) is 32.7 Å². The van der Waals surface area contributed by atoms with E-state index < -0.39 is 0 Å². The summed E-state index contributed by atoms with van der Waals surface area (Å²) >= 11 is 3.44. The highest BCUT2D eigenvalue weighted by molar-refractivity contribution is 9.10. The van der Waals surface area contributed by atoms with Gasteiger partial charge in [0.25, 0.3) is 0 Å². The maximum Gasteiger partial charge on any atom is 0.133 e. The Labute approximate surface area is 104 Å². The molecule has 0 saturated carbocycles. The molecular weight excluding hydrogens is 270 g/mol. The van der Waals surface area contributed by atoms with Gasteiger partial charge in [0.05, 0.1) is 10.6 Å². The molecule has 0 radical (unpaired) electrons. The van der Waals surface area contributed by atoms with Crippen LogP contribution >= 0.6 is 15.9 Å². The molecule has 1 atom stereocenters. The van der Waals surface area contributed by atoms with Crippen molar-refractivity contribution >= 4 is 15.9 Å². The third-order valence-corrected chi connectivity index (χ3v) is 3.40. The Hall–Kier alpha value is -0.580. The number of ether oxygens (including phenoxy) is 1. The third-order valence-electron chi connectivity index (χ3n) is 2.75. The standard InChI is InChI=1S/C12H16BrNO2/c13-11-3-1-2-4-12(11)16-8-7-14-6-5-10(15)9-14/h1-4,10,15H,5-9H2/t10-/m1/s1. The molecule has 0 amide bonds. The highest BCUT2D eigenvalue weighted by Gasteiger charge is 2.19. The molecule has 0 aliphatic carbocycles. The maximum absolute atomic E-state index is 9.37. The molecule has 1 aliphatic heterocycles. The minimum atomic E-state index is -0.150. The van der Waals surface area contributed by atoms with Crippen LogP contribution < -0.4 is 4.74 Å². The summed E-state index contributed by atoms with van der Waals surface area (Å²) in [6.45, 7) is 3.29. The molecule has 88 valence electrons. The molecule has 3 nitrogen and oxygen atoms in total. The van der Waals surface area contributed by atoms with Crippen LogP contribution in [0.25, 0.3) is 0 Å². The third kappa shape index (κ3) is 3.20. The van der Waals surface area contributed by atoms with Gasteiger partial charge in [0.2, 0.25) is 0 Å². The molecule has 1 fully saturated rings. The number of para-hydroxylation sites is 1. The average molecular weight is 286 g/mol.